The maximum Gasteiger partial charge on any atom is 0.240 e. The summed E-state index contributed by atoms with van der Waals surface area (Å²) in [4.78, 5) is 8.52. The number of methoxy groups -OCH3 is 1. The van der Waals surface area contributed by atoms with Crippen molar-refractivity contribution in [3.05, 3.63) is 61.2 Å². The molecule has 0 saturated heterocycles. The molecule has 8 nitrogen and oxygen atoms in total. The largest absolute Gasteiger partial charge is 0.497 e. The van der Waals surface area contributed by atoms with Crippen molar-refractivity contribution in [2.24, 2.45) is 0 Å². The van der Waals surface area contributed by atoms with Crippen LogP contribution in [0.4, 0.5) is 5.82 Å². The molecular formula is C17H19N5O3S. The quantitative estimate of drug-likeness (QED) is 0.583. The Labute approximate surface area is 151 Å². The number of nitrogens with zero attached hydrogens (tertiary/aromatic N) is 3. The molecule has 0 spiro atoms. The lowest BCUT2D eigenvalue weighted by Gasteiger charge is -2.09. The molecule has 0 fully saturated rings. The van der Waals surface area contributed by atoms with Gasteiger partial charge in [-0.3, -0.25) is 0 Å². The fraction of sp³-hybridized carbons (Fsp3) is 0.176. The summed E-state index contributed by atoms with van der Waals surface area (Å²) in [6.07, 6.45) is 5.23. The topological polar surface area (TPSA) is 98.1 Å². The van der Waals surface area contributed by atoms with Crippen LogP contribution in [0, 0.1) is 0 Å². The molecule has 2 heterocycles. The summed E-state index contributed by atoms with van der Waals surface area (Å²) >= 11 is 0. The zero-order valence-electron chi connectivity index (χ0n) is 14.2. The van der Waals surface area contributed by atoms with Gasteiger partial charge in [-0.15, -0.1) is 0 Å². The summed E-state index contributed by atoms with van der Waals surface area (Å²) in [5.41, 5.74) is 0. The zero-order chi connectivity index (χ0) is 18.4. The van der Waals surface area contributed by atoms with Crippen molar-refractivity contribution in [2.45, 2.75) is 4.90 Å². The highest BCUT2D eigenvalue weighted by atomic mass is 32.2. The Bertz CT molecular complexity index is 941. The molecule has 0 amide bonds. The van der Waals surface area contributed by atoms with Crippen molar-refractivity contribution in [3.63, 3.8) is 0 Å². The van der Waals surface area contributed by atoms with Crippen LogP contribution in [0.1, 0.15) is 0 Å². The lowest BCUT2D eigenvalue weighted by molar-refractivity contribution is 0.414. The number of rotatable bonds is 8. The fourth-order valence-electron chi connectivity index (χ4n) is 2.29. The number of nitrogens with one attached hydrogen (secondary N) is 2. The summed E-state index contributed by atoms with van der Waals surface area (Å²) in [6.45, 7) is 0.606. The number of sulfonamides is 1. The molecule has 0 radical (unpaired) electrons. The van der Waals surface area contributed by atoms with Gasteiger partial charge in [-0.1, -0.05) is 0 Å². The predicted octanol–water partition coefficient (Wildman–Crippen LogP) is 1.67. The van der Waals surface area contributed by atoms with Crippen LogP contribution < -0.4 is 14.8 Å². The van der Waals surface area contributed by atoms with Crippen molar-refractivity contribution in [2.75, 3.05) is 25.5 Å². The van der Waals surface area contributed by atoms with Gasteiger partial charge < -0.3 is 14.6 Å². The second kappa shape index (κ2) is 7.98. The van der Waals surface area contributed by atoms with Crippen LogP contribution in [-0.4, -0.2) is 43.2 Å². The van der Waals surface area contributed by atoms with Gasteiger partial charge in [0.2, 0.25) is 10.0 Å². The second-order valence-corrected chi connectivity index (χ2v) is 7.12. The van der Waals surface area contributed by atoms with Crippen LogP contribution in [0.5, 0.6) is 5.75 Å². The first-order valence-electron chi connectivity index (χ1n) is 7.91. The Kier molecular flexibility index (Phi) is 5.49. The standard InChI is InChI=1S/C17H19N5O3S/c1-25-14-4-6-15(7-5-14)26(23,24)21-9-8-18-16-12-17(20-13-19-16)22-10-2-3-11-22/h2-7,10-13,21H,8-9H2,1H3,(H,18,19,20). The molecule has 0 saturated carbocycles. The number of benzene rings is 1. The Balaban J connectivity index is 1.54. The summed E-state index contributed by atoms with van der Waals surface area (Å²) in [5, 5.41) is 3.08. The molecule has 0 aliphatic carbocycles. The maximum absolute atomic E-state index is 12.2. The average molecular weight is 373 g/mol. The van der Waals surface area contributed by atoms with Crippen molar-refractivity contribution >= 4 is 15.8 Å². The molecule has 2 N–H and O–H groups in total. The minimum Gasteiger partial charge on any atom is -0.497 e. The van der Waals surface area contributed by atoms with Crippen LogP contribution in [0.15, 0.2) is 66.1 Å². The zero-order valence-corrected chi connectivity index (χ0v) is 15.0. The summed E-state index contributed by atoms with van der Waals surface area (Å²) in [6, 6.07) is 11.8. The molecule has 26 heavy (non-hydrogen) atoms. The molecule has 0 atom stereocenters. The van der Waals surface area contributed by atoms with E-state index in [-0.39, 0.29) is 11.4 Å². The van der Waals surface area contributed by atoms with Crippen molar-refractivity contribution in [1.82, 2.24) is 19.3 Å². The van der Waals surface area contributed by atoms with E-state index in [1.807, 2.05) is 29.1 Å². The highest BCUT2D eigenvalue weighted by Crippen LogP contribution is 2.15. The Morgan fingerprint density at radius 3 is 2.50 bits per heavy atom. The van der Waals surface area contributed by atoms with Crippen LogP contribution in [0.25, 0.3) is 5.82 Å². The Morgan fingerprint density at radius 2 is 1.81 bits per heavy atom. The minimum absolute atomic E-state index is 0.190. The lowest BCUT2D eigenvalue weighted by Crippen LogP contribution is -2.29. The number of anilines is 1. The molecule has 0 bridgehead atoms. The van der Waals surface area contributed by atoms with Crippen LogP contribution in [0.2, 0.25) is 0 Å². The molecular weight excluding hydrogens is 354 g/mol. The van der Waals surface area contributed by atoms with Crippen molar-refractivity contribution in [3.8, 4) is 11.6 Å². The highest BCUT2D eigenvalue weighted by molar-refractivity contribution is 7.89. The fourth-order valence-corrected chi connectivity index (χ4v) is 3.32. The van der Waals surface area contributed by atoms with Gasteiger partial charge in [0.1, 0.15) is 23.7 Å². The normalized spacial score (nSPS) is 11.3. The predicted molar refractivity (Wildman–Crippen MR) is 98.0 cm³/mol. The van der Waals surface area contributed by atoms with Crippen LogP contribution in [0.3, 0.4) is 0 Å². The van der Waals surface area contributed by atoms with Gasteiger partial charge >= 0.3 is 0 Å². The van der Waals surface area contributed by atoms with E-state index < -0.39 is 10.0 Å². The monoisotopic (exact) mass is 373 g/mol. The van der Waals surface area contributed by atoms with E-state index in [2.05, 4.69) is 20.0 Å². The van der Waals surface area contributed by atoms with E-state index in [1.165, 1.54) is 25.6 Å². The SMILES string of the molecule is COc1ccc(S(=O)(=O)NCCNc2cc(-n3cccc3)ncn2)cc1. The van der Waals surface area contributed by atoms with Gasteiger partial charge in [0.15, 0.2) is 0 Å². The molecule has 2 aromatic heterocycles. The molecule has 1 aromatic carbocycles. The molecule has 3 rings (SSSR count). The molecule has 0 aliphatic heterocycles. The van der Waals surface area contributed by atoms with Gasteiger partial charge in [0, 0.05) is 31.5 Å². The number of hydrogen-bond acceptors (Lipinski definition) is 6. The average Bonchev–Trinajstić information content (AvgIpc) is 3.20. The third-order valence-corrected chi connectivity index (χ3v) is 5.09. The second-order valence-electron chi connectivity index (χ2n) is 5.35. The number of ether oxygens (including phenoxy) is 1. The Hall–Kier alpha value is -2.91. The smallest absolute Gasteiger partial charge is 0.240 e. The van der Waals surface area contributed by atoms with Crippen LogP contribution in [-0.2, 0) is 10.0 Å². The molecule has 136 valence electrons. The van der Waals surface area contributed by atoms with E-state index >= 15 is 0 Å². The van der Waals surface area contributed by atoms with Crippen molar-refractivity contribution in [1.29, 1.82) is 0 Å². The Morgan fingerprint density at radius 1 is 1.08 bits per heavy atom. The summed E-state index contributed by atoms with van der Waals surface area (Å²) < 4.78 is 33.9. The molecule has 0 unspecified atom stereocenters. The highest BCUT2D eigenvalue weighted by Gasteiger charge is 2.13. The third kappa shape index (κ3) is 4.38. The first-order valence-corrected chi connectivity index (χ1v) is 9.40. The minimum atomic E-state index is -3.57. The summed E-state index contributed by atoms with van der Waals surface area (Å²) in [5.74, 6) is 1.95. The first-order chi connectivity index (χ1) is 12.6. The number of hydrogen-bond donors (Lipinski definition) is 2. The first kappa shape index (κ1) is 17.9. The van der Waals surface area contributed by atoms with E-state index in [4.69, 9.17) is 4.74 Å². The van der Waals surface area contributed by atoms with E-state index in [9.17, 15) is 8.42 Å². The van der Waals surface area contributed by atoms with Gasteiger partial charge in [-0.05, 0) is 36.4 Å². The van der Waals surface area contributed by atoms with Crippen molar-refractivity contribution < 1.29 is 13.2 Å². The van der Waals surface area contributed by atoms with Crippen LogP contribution >= 0.6 is 0 Å². The lowest BCUT2D eigenvalue weighted by atomic mass is 10.3. The van der Waals surface area contributed by atoms with E-state index in [0.29, 0.717) is 18.1 Å². The molecule has 9 heteroatoms. The van der Waals surface area contributed by atoms with E-state index in [1.54, 1.807) is 18.2 Å². The molecule has 3 aromatic rings. The van der Waals surface area contributed by atoms with E-state index in [0.717, 1.165) is 5.82 Å². The molecule has 0 aliphatic rings. The van der Waals surface area contributed by atoms with Gasteiger partial charge in [0.05, 0.1) is 12.0 Å². The van der Waals surface area contributed by atoms with Gasteiger partial charge in [-0.2, -0.15) is 0 Å². The maximum atomic E-state index is 12.2. The van der Waals surface area contributed by atoms with Gasteiger partial charge in [-0.25, -0.2) is 23.1 Å². The third-order valence-electron chi connectivity index (χ3n) is 3.61. The summed E-state index contributed by atoms with van der Waals surface area (Å²) in [7, 11) is -2.04. The van der Waals surface area contributed by atoms with Gasteiger partial charge in [0.25, 0.3) is 0 Å². The number of aromatic nitrogens is 3.